The summed E-state index contributed by atoms with van der Waals surface area (Å²) in [5.41, 5.74) is 3.03. The Morgan fingerprint density at radius 3 is 2.58 bits per heavy atom. The van der Waals surface area contributed by atoms with Gasteiger partial charge in [0.05, 0.1) is 13.2 Å². The molecule has 1 N–H and O–H groups in total. The van der Waals surface area contributed by atoms with Crippen LogP contribution < -0.4 is 5.32 Å². The van der Waals surface area contributed by atoms with Crippen LogP contribution in [0.1, 0.15) is 30.9 Å². The van der Waals surface area contributed by atoms with Crippen molar-refractivity contribution < 1.29 is 4.74 Å². The first-order valence-corrected chi connectivity index (χ1v) is 7.41. The molecular weight excluding hydrogens is 236 g/mol. The van der Waals surface area contributed by atoms with Gasteiger partial charge in [-0.15, -0.1) is 0 Å². The van der Waals surface area contributed by atoms with Crippen molar-refractivity contribution in [2.24, 2.45) is 0 Å². The monoisotopic (exact) mass is 260 g/mol. The van der Waals surface area contributed by atoms with Crippen LogP contribution in [0.3, 0.4) is 0 Å². The van der Waals surface area contributed by atoms with Gasteiger partial charge in [0.1, 0.15) is 0 Å². The zero-order valence-corrected chi connectivity index (χ0v) is 11.8. The molecule has 0 radical (unpaired) electrons. The fraction of sp³-hybridized carbons (Fsp3) is 0.625. The largest absolute Gasteiger partial charge is 0.379 e. The zero-order chi connectivity index (χ0) is 13.1. The lowest BCUT2D eigenvalue weighted by atomic mass is 9.90. The first kappa shape index (κ1) is 13.1. The summed E-state index contributed by atoms with van der Waals surface area (Å²) in [4.78, 5) is 2.47. The number of hydrogen-bond acceptors (Lipinski definition) is 3. The molecule has 2 aliphatic rings. The van der Waals surface area contributed by atoms with Crippen LogP contribution in [0, 0.1) is 0 Å². The minimum absolute atomic E-state index is 0.192. The predicted molar refractivity (Wildman–Crippen MR) is 77.1 cm³/mol. The van der Waals surface area contributed by atoms with Crippen molar-refractivity contribution in [1.29, 1.82) is 0 Å². The van der Waals surface area contributed by atoms with Crippen LogP contribution in [-0.2, 0) is 16.8 Å². The molecule has 2 heterocycles. The lowest BCUT2D eigenvalue weighted by molar-refractivity contribution is 0.0342. The van der Waals surface area contributed by atoms with Crippen LogP contribution >= 0.6 is 0 Å². The Morgan fingerprint density at radius 2 is 1.95 bits per heavy atom. The number of morpholine rings is 1. The normalized spacial score (nSPS) is 28.7. The number of ether oxygens (including phenoxy) is 1. The number of nitrogens with one attached hydrogen (secondary N) is 1. The van der Waals surface area contributed by atoms with E-state index >= 15 is 0 Å². The molecule has 0 bridgehead atoms. The minimum atomic E-state index is 0.192. The molecule has 3 rings (SSSR count). The van der Waals surface area contributed by atoms with Gasteiger partial charge in [0, 0.05) is 25.2 Å². The third-order valence-electron chi connectivity index (χ3n) is 4.47. The summed E-state index contributed by atoms with van der Waals surface area (Å²) in [6, 6.07) is 9.17. The molecule has 19 heavy (non-hydrogen) atoms. The number of benzene rings is 1. The lowest BCUT2D eigenvalue weighted by Gasteiger charge is -2.28. The van der Waals surface area contributed by atoms with Gasteiger partial charge in [-0.25, -0.2) is 0 Å². The Hall–Kier alpha value is -0.900. The van der Waals surface area contributed by atoms with Gasteiger partial charge in [0.15, 0.2) is 0 Å². The molecule has 3 heteroatoms. The first-order valence-electron chi connectivity index (χ1n) is 7.41. The molecule has 0 spiro atoms. The van der Waals surface area contributed by atoms with Crippen LogP contribution in [0.5, 0.6) is 0 Å². The third-order valence-corrected chi connectivity index (χ3v) is 4.47. The van der Waals surface area contributed by atoms with E-state index in [1.807, 2.05) is 0 Å². The van der Waals surface area contributed by atoms with Gasteiger partial charge >= 0.3 is 0 Å². The highest BCUT2D eigenvalue weighted by Gasteiger charge is 2.29. The highest BCUT2D eigenvalue weighted by atomic mass is 16.5. The number of hydrogen-bond donors (Lipinski definition) is 1. The van der Waals surface area contributed by atoms with Crippen LogP contribution in [0.2, 0.25) is 0 Å². The molecule has 1 aromatic rings. The van der Waals surface area contributed by atoms with Gasteiger partial charge < -0.3 is 10.1 Å². The summed E-state index contributed by atoms with van der Waals surface area (Å²) in [7, 11) is 0. The molecule has 2 fully saturated rings. The number of nitrogens with zero attached hydrogens (tertiary/aromatic N) is 1. The van der Waals surface area contributed by atoms with E-state index in [0.29, 0.717) is 0 Å². The van der Waals surface area contributed by atoms with Crippen molar-refractivity contribution >= 4 is 0 Å². The quantitative estimate of drug-likeness (QED) is 0.901. The van der Waals surface area contributed by atoms with Gasteiger partial charge in [0.2, 0.25) is 0 Å². The Kier molecular flexibility index (Phi) is 3.87. The first-order chi connectivity index (χ1) is 9.26. The van der Waals surface area contributed by atoms with Crippen molar-refractivity contribution in [1.82, 2.24) is 10.2 Å². The van der Waals surface area contributed by atoms with Crippen LogP contribution in [0.25, 0.3) is 0 Å². The maximum Gasteiger partial charge on any atom is 0.0594 e. The summed E-state index contributed by atoms with van der Waals surface area (Å²) < 4.78 is 5.39. The average molecular weight is 260 g/mol. The fourth-order valence-corrected chi connectivity index (χ4v) is 3.14. The topological polar surface area (TPSA) is 24.5 Å². The Balaban J connectivity index is 1.65. The molecule has 3 nitrogen and oxygen atoms in total. The number of rotatable bonds is 3. The molecule has 1 unspecified atom stereocenters. The Labute approximate surface area is 115 Å². The van der Waals surface area contributed by atoms with Gasteiger partial charge in [-0.3, -0.25) is 4.90 Å². The van der Waals surface area contributed by atoms with Gasteiger partial charge in [-0.05, 0) is 37.4 Å². The standard InChI is InChI=1S/C16H24N2O/c1-16(7-2-8-17-16)15-5-3-14(4-6-15)13-18-9-11-19-12-10-18/h3-6,17H,2,7-13H2,1H3. The van der Waals surface area contributed by atoms with Crippen LogP contribution in [0.15, 0.2) is 24.3 Å². The Bertz CT molecular complexity index is 403. The molecule has 0 saturated carbocycles. The molecule has 2 aliphatic heterocycles. The van der Waals surface area contributed by atoms with E-state index < -0.39 is 0 Å². The molecule has 0 aliphatic carbocycles. The Morgan fingerprint density at radius 1 is 1.21 bits per heavy atom. The van der Waals surface area contributed by atoms with E-state index in [4.69, 9.17) is 4.74 Å². The van der Waals surface area contributed by atoms with Gasteiger partial charge in [0.25, 0.3) is 0 Å². The van der Waals surface area contributed by atoms with Crippen molar-refractivity contribution in [3.63, 3.8) is 0 Å². The van der Waals surface area contributed by atoms with Crippen LogP contribution in [0.4, 0.5) is 0 Å². The summed E-state index contributed by atoms with van der Waals surface area (Å²) in [5, 5.41) is 3.62. The van der Waals surface area contributed by atoms with Crippen molar-refractivity contribution in [2.45, 2.75) is 31.8 Å². The molecule has 1 atom stereocenters. The average Bonchev–Trinajstić information content (AvgIpc) is 2.89. The molecule has 0 aromatic heterocycles. The summed E-state index contributed by atoms with van der Waals surface area (Å²) in [6.07, 6.45) is 2.53. The summed E-state index contributed by atoms with van der Waals surface area (Å²) in [6.45, 7) is 8.37. The van der Waals surface area contributed by atoms with Gasteiger partial charge in [-0.1, -0.05) is 24.3 Å². The second-order valence-corrected chi connectivity index (χ2v) is 5.95. The fourth-order valence-electron chi connectivity index (χ4n) is 3.14. The molecule has 2 saturated heterocycles. The summed E-state index contributed by atoms with van der Waals surface area (Å²) >= 11 is 0. The molecule has 104 valence electrons. The minimum Gasteiger partial charge on any atom is -0.379 e. The van der Waals surface area contributed by atoms with E-state index in [1.54, 1.807) is 0 Å². The van der Waals surface area contributed by atoms with E-state index in [-0.39, 0.29) is 5.54 Å². The van der Waals surface area contributed by atoms with Crippen molar-refractivity contribution in [3.05, 3.63) is 35.4 Å². The highest BCUT2D eigenvalue weighted by molar-refractivity contribution is 5.29. The van der Waals surface area contributed by atoms with E-state index in [0.717, 1.165) is 39.4 Å². The van der Waals surface area contributed by atoms with Crippen LogP contribution in [-0.4, -0.2) is 37.7 Å². The van der Waals surface area contributed by atoms with E-state index in [2.05, 4.69) is 41.4 Å². The van der Waals surface area contributed by atoms with E-state index in [9.17, 15) is 0 Å². The SMILES string of the molecule is CC1(c2ccc(CN3CCOCC3)cc2)CCCN1. The zero-order valence-electron chi connectivity index (χ0n) is 11.8. The lowest BCUT2D eigenvalue weighted by Crippen LogP contribution is -2.35. The third kappa shape index (κ3) is 2.99. The molecular formula is C16H24N2O. The highest BCUT2D eigenvalue weighted by Crippen LogP contribution is 2.30. The van der Waals surface area contributed by atoms with Gasteiger partial charge in [-0.2, -0.15) is 0 Å². The second kappa shape index (κ2) is 5.61. The van der Waals surface area contributed by atoms with Crippen molar-refractivity contribution in [2.75, 3.05) is 32.8 Å². The summed E-state index contributed by atoms with van der Waals surface area (Å²) in [5.74, 6) is 0. The second-order valence-electron chi connectivity index (χ2n) is 5.95. The van der Waals surface area contributed by atoms with E-state index in [1.165, 1.54) is 24.0 Å². The maximum atomic E-state index is 5.39. The maximum absolute atomic E-state index is 5.39. The molecule has 1 aromatic carbocycles. The van der Waals surface area contributed by atoms with Crippen molar-refractivity contribution in [3.8, 4) is 0 Å². The smallest absolute Gasteiger partial charge is 0.0594 e. The predicted octanol–water partition coefficient (Wildman–Crippen LogP) is 2.12. The molecule has 0 amide bonds.